The van der Waals surface area contributed by atoms with Crippen molar-refractivity contribution in [3.05, 3.63) is 65.5 Å². The number of rotatable bonds is 4. The van der Waals surface area contributed by atoms with Crippen molar-refractivity contribution in [2.75, 3.05) is 0 Å². The summed E-state index contributed by atoms with van der Waals surface area (Å²) in [6, 6.07) is 13.6. The molecular formula is C15H15NO. The van der Waals surface area contributed by atoms with Crippen LogP contribution in [0.15, 0.2) is 48.7 Å². The number of pyridine rings is 1. The maximum Gasteiger partial charge on any atom is 0.185 e. The maximum absolute atomic E-state index is 12.1. The first-order valence-corrected chi connectivity index (χ1v) is 5.82. The predicted octanol–water partition coefficient (Wildman–Crippen LogP) is 3.07. The summed E-state index contributed by atoms with van der Waals surface area (Å²) in [6.07, 6.45) is 2.94. The number of ketones is 1. The molecule has 0 aliphatic rings. The van der Waals surface area contributed by atoms with Gasteiger partial charge in [-0.2, -0.15) is 0 Å². The Balaban J connectivity index is 2.20. The minimum absolute atomic E-state index is 0.0913. The number of hydrogen-bond donors (Lipinski definition) is 0. The molecule has 1 heterocycles. The van der Waals surface area contributed by atoms with Gasteiger partial charge in [0.05, 0.1) is 0 Å². The lowest BCUT2D eigenvalue weighted by molar-refractivity contribution is 0.0987. The normalized spacial score (nSPS) is 10.2. The fourth-order valence-electron chi connectivity index (χ4n) is 1.84. The highest BCUT2D eigenvalue weighted by atomic mass is 16.1. The van der Waals surface area contributed by atoms with Crippen molar-refractivity contribution >= 4 is 5.78 Å². The van der Waals surface area contributed by atoms with Crippen LogP contribution in [0.2, 0.25) is 0 Å². The number of carbonyl (C=O) groups is 1. The SMILES string of the molecule is CCc1cccnc1C(=O)Cc1ccccc1. The molecule has 0 saturated carbocycles. The lowest BCUT2D eigenvalue weighted by Crippen LogP contribution is -2.09. The van der Waals surface area contributed by atoms with Gasteiger partial charge in [-0.05, 0) is 23.6 Å². The largest absolute Gasteiger partial charge is 0.292 e. The van der Waals surface area contributed by atoms with Crippen molar-refractivity contribution in [3.63, 3.8) is 0 Å². The average Bonchev–Trinajstić information content (AvgIpc) is 2.40. The summed E-state index contributed by atoms with van der Waals surface area (Å²) in [4.78, 5) is 16.3. The van der Waals surface area contributed by atoms with Crippen molar-refractivity contribution in [2.24, 2.45) is 0 Å². The minimum Gasteiger partial charge on any atom is -0.292 e. The Hall–Kier alpha value is -1.96. The molecule has 1 aromatic heterocycles. The first kappa shape index (κ1) is 11.5. The summed E-state index contributed by atoms with van der Waals surface area (Å²) in [7, 11) is 0. The smallest absolute Gasteiger partial charge is 0.185 e. The third-order valence-corrected chi connectivity index (χ3v) is 2.74. The van der Waals surface area contributed by atoms with E-state index >= 15 is 0 Å². The Morgan fingerprint density at radius 1 is 1.12 bits per heavy atom. The van der Waals surface area contributed by atoms with Crippen LogP contribution in [0, 0.1) is 0 Å². The fourth-order valence-corrected chi connectivity index (χ4v) is 1.84. The van der Waals surface area contributed by atoms with Gasteiger partial charge >= 0.3 is 0 Å². The van der Waals surface area contributed by atoms with Crippen LogP contribution in [0.25, 0.3) is 0 Å². The van der Waals surface area contributed by atoms with Gasteiger partial charge in [-0.15, -0.1) is 0 Å². The van der Waals surface area contributed by atoms with Gasteiger partial charge in [0, 0.05) is 12.6 Å². The molecule has 0 fully saturated rings. The van der Waals surface area contributed by atoms with Crippen LogP contribution < -0.4 is 0 Å². The van der Waals surface area contributed by atoms with Crippen molar-refractivity contribution in [1.29, 1.82) is 0 Å². The molecule has 1 aromatic carbocycles. The zero-order chi connectivity index (χ0) is 12.1. The topological polar surface area (TPSA) is 30.0 Å². The van der Waals surface area contributed by atoms with E-state index in [1.807, 2.05) is 49.4 Å². The standard InChI is InChI=1S/C15H15NO/c1-2-13-9-6-10-16-15(13)14(17)11-12-7-4-3-5-8-12/h3-10H,2,11H2,1H3. The molecule has 0 N–H and O–H groups in total. The molecule has 0 spiro atoms. The van der Waals surface area contributed by atoms with Crippen LogP contribution in [0.5, 0.6) is 0 Å². The van der Waals surface area contributed by atoms with Crippen molar-refractivity contribution in [1.82, 2.24) is 4.98 Å². The first-order valence-electron chi connectivity index (χ1n) is 5.82. The molecule has 86 valence electrons. The van der Waals surface area contributed by atoms with Gasteiger partial charge in [0.15, 0.2) is 5.78 Å². The summed E-state index contributed by atoms with van der Waals surface area (Å²) < 4.78 is 0. The number of aromatic nitrogens is 1. The van der Waals surface area contributed by atoms with Gasteiger partial charge in [0.25, 0.3) is 0 Å². The van der Waals surface area contributed by atoms with Gasteiger partial charge in [-0.3, -0.25) is 9.78 Å². The summed E-state index contributed by atoms with van der Waals surface area (Å²) in [5, 5.41) is 0. The Kier molecular flexibility index (Phi) is 3.66. The van der Waals surface area contributed by atoms with Crippen LogP contribution in [-0.4, -0.2) is 10.8 Å². The van der Waals surface area contributed by atoms with Crippen LogP contribution in [-0.2, 0) is 12.8 Å². The maximum atomic E-state index is 12.1. The Bertz CT molecular complexity index is 505. The number of aryl methyl sites for hydroxylation is 1. The quantitative estimate of drug-likeness (QED) is 0.748. The molecule has 0 unspecified atom stereocenters. The van der Waals surface area contributed by atoms with E-state index in [0.29, 0.717) is 12.1 Å². The third-order valence-electron chi connectivity index (χ3n) is 2.74. The Morgan fingerprint density at radius 2 is 1.88 bits per heavy atom. The number of benzene rings is 1. The zero-order valence-corrected chi connectivity index (χ0v) is 9.89. The molecule has 0 bridgehead atoms. The highest BCUT2D eigenvalue weighted by Crippen LogP contribution is 2.10. The lowest BCUT2D eigenvalue weighted by Gasteiger charge is -2.05. The summed E-state index contributed by atoms with van der Waals surface area (Å²) in [5.74, 6) is 0.0913. The predicted molar refractivity (Wildman–Crippen MR) is 68.1 cm³/mol. The number of carbonyl (C=O) groups excluding carboxylic acids is 1. The second kappa shape index (κ2) is 5.39. The molecule has 0 radical (unpaired) electrons. The molecule has 2 heteroatoms. The molecule has 0 atom stereocenters. The summed E-state index contributed by atoms with van der Waals surface area (Å²) >= 11 is 0. The number of Topliss-reactive ketones (excluding diaryl/α,β-unsaturated/α-hetero) is 1. The van der Waals surface area contributed by atoms with Gasteiger partial charge in [0.2, 0.25) is 0 Å². The van der Waals surface area contributed by atoms with Crippen molar-refractivity contribution < 1.29 is 4.79 Å². The van der Waals surface area contributed by atoms with E-state index in [9.17, 15) is 4.79 Å². The average molecular weight is 225 g/mol. The Labute approximate surface area is 101 Å². The monoisotopic (exact) mass is 225 g/mol. The molecule has 17 heavy (non-hydrogen) atoms. The van der Waals surface area contributed by atoms with Gasteiger partial charge in [-0.1, -0.05) is 43.3 Å². The molecule has 0 aliphatic heterocycles. The molecule has 0 amide bonds. The van der Waals surface area contributed by atoms with E-state index < -0.39 is 0 Å². The van der Waals surface area contributed by atoms with Crippen molar-refractivity contribution in [2.45, 2.75) is 19.8 Å². The molecule has 0 aliphatic carbocycles. The van der Waals surface area contributed by atoms with Crippen LogP contribution >= 0.6 is 0 Å². The molecule has 0 saturated heterocycles. The third kappa shape index (κ3) is 2.78. The highest BCUT2D eigenvalue weighted by Gasteiger charge is 2.11. The second-order valence-electron chi connectivity index (χ2n) is 3.95. The van der Waals surface area contributed by atoms with E-state index in [-0.39, 0.29) is 5.78 Å². The molecule has 2 nitrogen and oxygen atoms in total. The van der Waals surface area contributed by atoms with Crippen LogP contribution in [0.1, 0.15) is 28.5 Å². The Morgan fingerprint density at radius 3 is 2.59 bits per heavy atom. The van der Waals surface area contributed by atoms with Crippen LogP contribution in [0.3, 0.4) is 0 Å². The molecule has 2 aromatic rings. The van der Waals surface area contributed by atoms with E-state index in [4.69, 9.17) is 0 Å². The van der Waals surface area contributed by atoms with Crippen LogP contribution in [0.4, 0.5) is 0 Å². The molecule has 2 rings (SSSR count). The van der Waals surface area contributed by atoms with E-state index in [2.05, 4.69) is 4.98 Å². The molecular weight excluding hydrogens is 210 g/mol. The van der Waals surface area contributed by atoms with E-state index in [1.165, 1.54) is 0 Å². The van der Waals surface area contributed by atoms with E-state index in [0.717, 1.165) is 17.5 Å². The van der Waals surface area contributed by atoms with E-state index in [1.54, 1.807) is 6.20 Å². The zero-order valence-electron chi connectivity index (χ0n) is 9.89. The van der Waals surface area contributed by atoms with Gasteiger partial charge in [0.1, 0.15) is 5.69 Å². The minimum atomic E-state index is 0.0913. The lowest BCUT2D eigenvalue weighted by atomic mass is 10.0. The highest BCUT2D eigenvalue weighted by molar-refractivity contribution is 5.97. The van der Waals surface area contributed by atoms with Crippen molar-refractivity contribution in [3.8, 4) is 0 Å². The number of hydrogen-bond acceptors (Lipinski definition) is 2. The summed E-state index contributed by atoms with van der Waals surface area (Å²) in [5.41, 5.74) is 2.66. The number of nitrogens with zero attached hydrogens (tertiary/aromatic N) is 1. The summed E-state index contributed by atoms with van der Waals surface area (Å²) in [6.45, 7) is 2.04. The second-order valence-corrected chi connectivity index (χ2v) is 3.95. The fraction of sp³-hybridized carbons (Fsp3) is 0.200. The first-order chi connectivity index (χ1) is 8.31. The van der Waals surface area contributed by atoms with Gasteiger partial charge < -0.3 is 0 Å². The van der Waals surface area contributed by atoms with Gasteiger partial charge in [-0.25, -0.2) is 0 Å².